The number of carboxylic acid groups (broad SMARTS) is 3. The Morgan fingerprint density at radius 2 is 1.47 bits per heavy atom. The summed E-state index contributed by atoms with van der Waals surface area (Å²) in [6, 6.07) is 4.22. The van der Waals surface area contributed by atoms with E-state index in [1.165, 1.54) is 11.3 Å². The van der Waals surface area contributed by atoms with Crippen LogP contribution in [0.5, 0.6) is 0 Å². The van der Waals surface area contributed by atoms with E-state index in [9.17, 15) is 39.5 Å². The number of rotatable bonds is 5. The van der Waals surface area contributed by atoms with Crippen LogP contribution in [-0.4, -0.2) is 111 Å². The number of pyridine rings is 1. The molecule has 5 rings (SSSR count). The van der Waals surface area contributed by atoms with Gasteiger partial charge in [0.1, 0.15) is 0 Å². The van der Waals surface area contributed by atoms with E-state index < -0.39 is 36.4 Å². The Balaban J connectivity index is 0.000000352. The van der Waals surface area contributed by atoms with Gasteiger partial charge in [0.15, 0.2) is 0 Å². The van der Waals surface area contributed by atoms with Crippen LogP contribution in [-0.2, 0) is 42.4 Å². The zero-order valence-corrected chi connectivity index (χ0v) is 26.7. The molecule has 3 aliphatic heterocycles. The molecule has 1 unspecified atom stereocenters. The van der Waals surface area contributed by atoms with Gasteiger partial charge in [0.25, 0.3) is 0 Å². The SMILES string of the molecule is Cc1ccnc(CN2CCC3(COCc4cnc(NCC5CCOCC5)nc43)C2)c1.O=C(O)C(F)(F)F.O=C(O)C(F)(F)F.O=C(O)C(F)(F)F. The van der Waals surface area contributed by atoms with Gasteiger partial charge in [-0.15, -0.1) is 0 Å². The fourth-order valence-electron chi connectivity index (χ4n) is 4.99. The van der Waals surface area contributed by atoms with Gasteiger partial charge in [-0.1, -0.05) is 0 Å². The molecular formula is C29H34F9N5O8. The summed E-state index contributed by atoms with van der Waals surface area (Å²) in [5.74, 6) is -6.88. The summed E-state index contributed by atoms with van der Waals surface area (Å²) in [7, 11) is 0. The Morgan fingerprint density at radius 1 is 0.922 bits per heavy atom. The topological polar surface area (TPSA) is 184 Å². The average Bonchev–Trinajstić information content (AvgIpc) is 3.42. The number of halogens is 9. The highest BCUT2D eigenvalue weighted by Gasteiger charge is 2.45. The largest absolute Gasteiger partial charge is 0.490 e. The molecule has 0 radical (unpaired) electrons. The molecule has 0 bridgehead atoms. The van der Waals surface area contributed by atoms with Crippen LogP contribution < -0.4 is 5.32 Å². The Kier molecular flexibility index (Phi) is 15.3. The van der Waals surface area contributed by atoms with E-state index in [1.54, 1.807) is 0 Å². The number of nitrogens with zero attached hydrogens (tertiary/aromatic N) is 4. The molecule has 286 valence electrons. The minimum atomic E-state index is -5.08. The molecule has 22 heteroatoms. The fraction of sp³-hybridized carbons (Fsp3) is 0.586. The third-order valence-electron chi connectivity index (χ3n) is 7.41. The second kappa shape index (κ2) is 18.3. The Hall–Kier alpha value is -4.31. The summed E-state index contributed by atoms with van der Waals surface area (Å²) in [5, 5.41) is 24.9. The van der Waals surface area contributed by atoms with Crippen molar-refractivity contribution in [2.75, 3.05) is 44.8 Å². The summed E-state index contributed by atoms with van der Waals surface area (Å²) < 4.78 is 107. The van der Waals surface area contributed by atoms with Crippen LogP contribution in [0.2, 0.25) is 0 Å². The molecule has 1 atom stereocenters. The maximum atomic E-state index is 10.6. The minimum absolute atomic E-state index is 0.0462. The number of anilines is 1. The fourth-order valence-corrected chi connectivity index (χ4v) is 4.99. The van der Waals surface area contributed by atoms with Gasteiger partial charge in [-0.25, -0.2) is 24.4 Å². The van der Waals surface area contributed by atoms with Crippen molar-refractivity contribution in [1.29, 1.82) is 0 Å². The van der Waals surface area contributed by atoms with Crippen molar-refractivity contribution in [2.45, 2.75) is 63.3 Å². The molecule has 0 aromatic carbocycles. The highest BCUT2D eigenvalue weighted by atomic mass is 19.4. The quantitative estimate of drug-likeness (QED) is 0.312. The van der Waals surface area contributed by atoms with Crippen LogP contribution in [0.3, 0.4) is 0 Å². The van der Waals surface area contributed by atoms with Crippen molar-refractivity contribution in [1.82, 2.24) is 19.9 Å². The summed E-state index contributed by atoms with van der Waals surface area (Å²) >= 11 is 0. The van der Waals surface area contributed by atoms with Crippen LogP contribution in [0.4, 0.5) is 45.5 Å². The van der Waals surface area contributed by atoms with Gasteiger partial charge >= 0.3 is 36.4 Å². The standard InChI is InChI=1S/C23H31N5O2.3C2HF3O2/c1-17-2-6-24-20(10-17)13-28-7-5-23(15-28)16-30-14-19-12-26-22(27-21(19)23)25-11-18-3-8-29-9-4-18;3*3-2(4,5)1(6)7/h2,6,10,12,18H,3-5,7-9,11,13-16H2,1H3,(H,25,26,27);3*(H,6,7). The first-order valence-electron chi connectivity index (χ1n) is 14.8. The van der Waals surface area contributed by atoms with Crippen LogP contribution >= 0.6 is 0 Å². The number of carbonyl (C=O) groups is 3. The van der Waals surface area contributed by atoms with Crippen molar-refractivity contribution < 1.29 is 78.7 Å². The Labute approximate surface area is 283 Å². The molecule has 2 aromatic heterocycles. The molecule has 5 heterocycles. The molecule has 4 N–H and O–H groups in total. The molecule has 1 spiro atoms. The van der Waals surface area contributed by atoms with E-state index in [-0.39, 0.29) is 5.41 Å². The lowest BCUT2D eigenvalue weighted by molar-refractivity contribution is -0.193. The summed E-state index contributed by atoms with van der Waals surface area (Å²) in [5.41, 5.74) is 4.65. The number of aliphatic carboxylic acids is 3. The first kappa shape index (κ1) is 42.9. The van der Waals surface area contributed by atoms with Gasteiger partial charge in [-0.05, 0) is 56.3 Å². The molecule has 2 saturated heterocycles. The minimum Gasteiger partial charge on any atom is -0.475 e. The highest BCUT2D eigenvalue weighted by Crippen LogP contribution is 2.39. The molecule has 2 fully saturated rings. The monoisotopic (exact) mass is 751 g/mol. The molecule has 3 aliphatic rings. The normalized spacial score (nSPS) is 19.3. The van der Waals surface area contributed by atoms with E-state index >= 15 is 0 Å². The molecular weight excluding hydrogens is 717 g/mol. The van der Waals surface area contributed by atoms with Crippen molar-refractivity contribution in [3.63, 3.8) is 0 Å². The van der Waals surface area contributed by atoms with Crippen LogP contribution in [0.15, 0.2) is 24.5 Å². The van der Waals surface area contributed by atoms with Crippen molar-refractivity contribution in [2.24, 2.45) is 5.92 Å². The number of aryl methyl sites for hydroxylation is 1. The number of alkyl halides is 9. The molecule has 51 heavy (non-hydrogen) atoms. The van der Waals surface area contributed by atoms with Gasteiger partial charge in [0, 0.05) is 50.8 Å². The van der Waals surface area contributed by atoms with Crippen molar-refractivity contribution in [3.05, 3.63) is 47.0 Å². The van der Waals surface area contributed by atoms with Crippen molar-refractivity contribution >= 4 is 23.9 Å². The van der Waals surface area contributed by atoms with Crippen LogP contribution in [0.25, 0.3) is 0 Å². The number of aromatic nitrogens is 3. The van der Waals surface area contributed by atoms with Crippen LogP contribution in [0, 0.1) is 12.8 Å². The summed E-state index contributed by atoms with van der Waals surface area (Å²) in [4.78, 5) is 43.3. The number of hydrogen-bond donors (Lipinski definition) is 4. The number of carboxylic acids is 3. The van der Waals surface area contributed by atoms with Gasteiger partial charge < -0.3 is 30.1 Å². The van der Waals surface area contributed by atoms with E-state index in [4.69, 9.17) is 44.2 Å². The maximum Gasteiger partial charge on any atom is 0.490 e. The number of likely N-dealkylation sites (tertiary alicyclic amines) is 1. The second-order valence-corrected chi connectivity index (χ2v) is 11.5. The van der Waals surface area contributed by atoms with E-state index in [1.807, 2.05) is 18.5 Å². The number of nitrogens with one attached hydrogen (secondary N) is 1. The third kappa shape index (κ3) is 14.4. The van der Waals surface area contributed by atoms with E-state index in [0.717, 1.165) is 82.5 Å². The third-order valence-corrected chi connectivity index (χ3v) is 7.41. The van der Waals surface area contributed by atoms with Crippen LogP contribution in [0.1, 0.15) is 41.8 Å². The number of hydrogen-bond acceptors (Lipinski definition) is 10. The van der Waals surface area contributed by atoms with Gasteiger partial charge in [0.2, 0.25) is 5.95 Å². The Bertz CT molecular complexity index is 1410. The predicted molar refractivity (Wildman–Crippen MR) is 155 cm³/mol. The maximum absolute atomic E-state index is 10.6. The van der Waals surface area contributed by atoms with Gasteiger partial charge in [0.05, 0.1) is 30.0 Å². The van der Waals surface area contributed by atoms with E-state index in [2.05, 4.69) is 33.2 Å². The first-order chi connectivity index (χ1) is 23.5. The lowest BCUT2D eigenvalue weighted by Crippen LogP contribution is -2.40. The first-order valence-corrected chi connectivity index (χ1v) is 14.8. The lowest BCUT2D eigenvalue weighted by atomic mass is 9.80. The summed E-state index contributed by atoms with van der Waals surface area (Å²) in [6.45, 7) is 8.96. The summed E-state index contributed by atoms with van der Waals surface area (Å²) in [6.07, 6.45) is -8.11. The van der Waals surface area contributed by atoms with E-state index in [0.29, 0.717) is 12.5 Å². The highest BCUT2D eigenvalue weighted by molar-refractivity contribution is 5.73. The van der Waals surface area contributed by atoms with Crippen molar-refractivity contribution in [3.8, 4) is 0 Å². The molecule has 13 nitrogen and oxygen atoms in total. The number of ether oxygens (including phenoxy) is 2. The molecule has 2 aromatic rings. The van der Waals surface area contributed by atoms with Gasteiger partial charge in [-0.2, -0.15) is 39.5 Å². The predicted octanol–water partition coefficient (Wildman–Crippen LogP) is 4.59. The van der Waals surface area contributed by atoms with Gasteiger partial charge in [-0.3, -0.25) is 9.88 Å². The smallest absolute Gasteiger partial charge is 0.475 e. The zero-order chi connectivity index (χ0) is 38.6. The lowest BCUT2D eigenvalue weighted by Gasteiger charge is -2.34. The second-order valence-electron chi connectivity index (χ2n) is 11.5. The number of fused-ring (bicyclic) bond motifs is 2. The Morgan fingerprint density at radius 3 is 1.98 bits per heavy atom. The zero-order valence-electron chi connectivity index (χ0n) is 26.7. The average molecular weight is 752 g/mol. The molecule has 0 aliphatic carbocycles. The molecule has 0 saturated carbocycles. The molecule has 0 amide bonds.